The fourth-order valence-corrected chi connectivity index (χ4v) is 1.17. The predicted octanol–water partition coefficient (Wildman–Crippen LogP) is 1.39. The van der Waals surface area contributed by atoms with Gasteiger partial charge in [-0.05, 0) is 20.8 Å². The third-order valence-electron chi connectivity index (χ3n) is 1.79. The molecule has 0 unspecified atom stereocenters. The maximum atomic E-state index is 8.70. The molecule has 0 aliphatic heterocycles. The van der Waals surface area contributed by atoms with E-state index in [2.05, 4.69) is 11.2 Å². The van der Waals surface area contributed by atoms with Crippen LogP contribution < -0.4 is 0 Å². The molecular weight excluding hydrogens is 138 g/mol. The Morgan fingerprint density at radius 2 is 2.18 bits per heavy atom. The normalized spacial score (nSPS) is 9.64. The molecule has 0 spiro atoms. The lowest BCUT2D eigenvalue weighted by Crippen LogP contribution is -1.98. The van der Waals surface area contributed by atoms with Gasteiger partial charge in [0.05, 0.1) is 17.0 Å². The summed E-state index contributed by atoms with van der Waals surface area (Å²) in [6.45, 7) is 6.62. The molecule has 3 nitrogen and oxygen atoms in total. The van der Waals surface area contributed by atoms with Gasteiger partial charge in [-0.15, -0.1) is 0 Å². The van der Waals surface area contributed by atoms with E-state index >= 15 is 0 Å². The fraction of sp³-hybridized carbons (Fsp3) is 0.500. The summed E-state index contributed by atoms with van der Waals surface area (Å²) in [5.74, 6) is 0. The molecule has 0 N–H and O–H groups in total. The van der Waals surface area contributed by atoms with Crippen molar-refractivity contribution in [3.63, 3.8) is 0 Å². The van der Waals surface area contributed by atoms with Crippen molar-refractivity contribution in [2.75, 3.05) is 0 Å². The van der Waals surface area contributed by atoms with E-state index in [9.17, 15) is 0 Å². The van der Waals surface area contributed by atoms with E-state index < -0.39 is 0 Å². The Morgan fingerprint density at radius 3 is 2.45 bits per heavy atom. The van der Waals surface area contributed by atoms with Gasteiger partial charge in [0.2, 0.25) is 0 Å². The second-order valence-electron chi connectivity index (χ2n) is 2.47. The summed E-state index contributed by atoms with van der Waals surface area (Å²) in [4.78, 5) is 0. The zero-order valence-electron chi connectivity index (χ0n) is 7.05. The van der Waals surface area contributed by atoms with Crippen LogP contribution in [0.25, 0.3) is 0 Å². The zero-order valence-corrected chi connectivity index (χ0v) is 7.05. The van der Waals surface area contributed by atoms with Crippen LogP contribution in [0.3, 0.4) is 0 Å². The van der Waals surface area contributed by atoms with Crippen molar-refractivity contribution in [2.45, 2.75) is 27.3 Å². The molecule has 0 fully saturated rings. The van der Waals surface area contributed by atoms with E-state index in [1.54, 1.807) is 0 Å². The molecule has 1 rings (SSSR count). The van der Waals surface area contributed by atoms with Gasteiger partial charge in [0.25, 0.3) is 0 Å². The third-order valence-corrected chi connectivity index (χ3v) is 1.79. The average molecular weight is 149 g/mol. The topological polar surface area (TPSA) is 41.6 Å². The second-order valence-corrected chi connectivity index (χ2v) is 2.47. The molecule has 0 saturated carbocycles. The van der Waals surface area contributed by atoms with Crippen LogP contribution in [-0.2, 0) is 6.54 Å². The first-order valence-corrected chi connectivity index (χ1v) is 3.64. The van der Waals surface area contributed by atoms with Gasteiger partial charge < -0.3 is 0 Å². The SMILES string of the molecule is CCn1nc(C)c(C#N)c1C. The molecule has 11 heavy (non-hydrogen) atoms. The minimum absolute atomic E-state index is 0.715. The monoisotopic (exact) mass is 149 g/mol. The van der Waals surface area contributed by atoms with Gasteiger partial charge in [-0.25, -0.2) is 0 Å². The van der Waals surface area contributed by atoms with E-state index in [-0.39, 0.29) is 0 Å². The summed E-state index contributed by atoms with van der Waals surface area (Å²) in [6, 6.07) is 2.13. The Balaban J connectivity index is 3.28. The number of aryl methyl sites for hydroxylation is 2. The number of aromatic nitrogens is 2. The summed E-state index contributed by atoms with van der Waals surface area (Å²) >= 11 is 0. The minimum atomic E-state index is 0.715. The molecule has 0 radical (unpaired) electrons. The molecule has 0 atom stereocenters. The Labute approximate surface area is 66.3 Å². The standard InChI is InChI=1S/C8H11N3/c1-4-11-7(3)8(5-9)6(2)10-11/h4H2,1-3H3. The lowest BCUT2D eigenvalue weighted by atomic mass is 10.2. The quantitative estimate of drug-likeness (QED) is 0.605. The Hall–Kier alpha value is -1.30. The first kappa shape index (κ1) is 7.80. The Kier molecular flexibility index (Phi) is 1.95. The van der Waals surface area contributed by atoms with E-state index in [1.807, 2.05) is 25.5 Å². The van der Waals surface area contributed by atoms with E-state index in [4.69, 9.17) is 5.26 Å². The van der Waals surface area contributed by atoms with Crippen LogP contribution >= 0.6 is 0 Å². The van der Waals surface area contributed by atoms with Crippen molar-refractivity contribution in [1.82, 2.24) is 9.78 Å². The van der Waals surface area contributed by atoms with Crippen LogP contribution in [0.15, 0.2) is 0 Å². The molecule has 0 saturated heterocycles. The van der Waals surface area contributed by atoms with Gasteiger partial charge in [0.15, 0.2) is 0 Å². The maximum absolute atomic E-state index is 8.70. The van der Waals surface area contributed by atoms with Crippen LogP contribution in [0.5, 0.6) is 0 Å². The largest absolute Gasteiger partial charge is 0.269 e. The van der Waals surface area contributed by atoms with Crippen LogP contribution in [0.2, 0.25) is 0 Å². The van der Waals surface area contributed by atoms with Crippen molar-refractivity contribution in [3.8, 4) is 6.07 Å². The highest BCUT2D eigenvalue weighted by atomic mass is 15.3. The van der Waals surface area contributed by atoms with Crippen LogP contribution in [0.1, 0.15) is 23.9 Å². The van der Waals surface area contributed by atoms with Gasteiger partial charge >= 0.3 is 0 Å². The molecule has 0 aromatic carbocycles. The summed E-state index contributed by atoms with van der Waals surface area (Å²) in [5, 5.41) is 12.9. The number of nitrogens with zero attached hydrogens (tertiary/aromatic N) is 3. The minimum Gasteiger partial charge on any atom is -0.269 e. The molecule has 1 aromatic rings. The molecule has 0 amide bonds. The summed E-state index contributed by atoms with van der Waals surface area (Å²) in [5.41, 5.74) is 2.51. The number of rotatable bonds is 1. The molecule has 3 heteroatoms. The van der Waals surface area contributed by atoms with Gasteiger partial charge in [-0.2, -0.15) is 10.4 Å². The van der Waals surface area contributed by atoms with Crippen LogP contribution in [0, 0.1) is 25.2 Å². The smallest absolute Gasteiger partial charge is 0.103 e. The number of nitriles is 1. The molecule has 0 bridgehead atoms. The van der Waals surface area contributed by atoms with Gasteiger partial charge in [0, 0.05) is 6.54 Å². The average Bonchev–Trinajstić information content (AvgIpc) is 2.26. The molecular formula is C8H11N3. The first-order chi connectivity index (χ1) is 5.20. The molecule has 0 aliphatic carbocycles. The van der Waals surface area contributed by atoms with Crippen molar-refractivity contribution in [1.29, 1.82) is 5.26 Å². The maximum Gasteiger partial charge on any atom is 0.103 e. The molecule has 1 aromatic heterocycles. The van der Waals surface area contributed by atoms with E-state index in [0.717, 1.165) is 17.9 Å². The second kappa shape index (κ2) is 2.75. The van der Waals surface area contributed by atoms with Crippen molar-refractivity contribution < 1.29 is 0 Å². The number of hydrogen-bond donors (Lipinski definition) is 0. The van der Waals surface area contributed by atoms with Crippen molar-refractivity contribution in [3.05, 3.63) is 17.0 Å². The van der Waals surface area contributed by atoms with Gasteiger partial charge in [0.1, 0.15) is 6.07 Å². The summed E-state index contributed by atoms with van der Waals surface area (Å²) < 4.78 is 1.84. The Morgan fingerprint density at radius 1 is 1.55 bits per heavy atom. The van der Waals surface area contributed by atoms with Gasteiger partial charge in [-0.3, -0.25) is 4.68 Å². The van der Waals surface area contributed by atoms with Gasteiger partial charge in [-0.1, -0.05) is 0 Å². The number of hydrogen-bond acceptors (Lipinski definition) is 2. The molecule has 1 heterocycles. The molecule has 58 valence electrons. The van der Waals surface area contributed by atoms with Crippen LogP contribution in [0.4, 0.5) is 0 Å². The third kappa shape index (κ3) is 1.12. The van der Waals surface area contributed by atoms with E-state index in [0.29, 0.717) is 5.56 Å². The summed E-state index contributed by atoms with van der Waals surface area (Å²) in [6.07, 6.45) is 0. The lowest BCUT2D eigenvalue weighted by molar-refractivity contribution is 0.634. The first-order valence-electron chi connectivity index (χ1n) is 3.64. The van der Waals surface area contributed by atoms with Crippen molar-refractivity contribution in [2.24, 2.45) is 0 Å². The predicted molar refractivity (Wildman–Crippen MR) is 42.1 cm³/mol. The van der Waals surface area contributed by atoms with Crippen LogP contribution in [-0.4, -0.2) is 9.78 Å². The highest BCUT2D eigenvalue weighted by Gasteiger charge is 2.08. The highest BCUT2D eigenvalue weighted by Crippen LogP contribution is 2.10. The Bertz CT molecular complexity index is 304. The molecule has 0 aliphatic rings. The van der Waals surface area contributed by atoms with Crippen molar-refractivity contribution >= 4 is 0 Å². The summed E-state index contributed by atoms with van der Waals surface area (Å²) in [7, 11) is 0. The zero-order chi connectivity index (χ0) is 8.43. The highest BCUT2D eigenvalue weighted by molar-refractivity contribution is 5.36. The lowest BCUT2D eigenvalue weighted by Gasteiger charge is -1.96. The fourth-order valence-electron chi connectivity index (χ4n) is 1.17. The van der Waals surface area contributed by atoms with E-state index in [1.165, 1.54) is 0 Å².